The molecule has 1 saturated heterocycles. The van der Waals surface area contributed by atoms with Crippen molar-refractivity contribution in [2.45, 2.75) is 43.3 Å². The zero-order valence-corrected chi connectivity index (χ0v) is 10.7. The first-order valence-corrected chi connectivity index (χ1v) is 7.24. The molecule has 3 N–H and O–H groups in total. The van der Waals surface area contributed by atoms with Crippen molar-refractivity contribution >= 4 is 10.0 Å². The minimum atomic E-state index is -3.49. The molecule has 0 aliphatic carbocycles. The molecule has 2 unspecified atom stereocenters. The van der Waals surface area contributed by atoms with E-state index in [9.17, 15) is 8.42 Å². The van der Waals surface area contributed by atoms with E-state index in [4.69, 9.17) is 5.73 Å². The lowest BCUT2D eigenvalue weighted by Crippen LogP contribution is -2.51. The Morgan fingerprint density at radius 3 is 2.94 bits per heavy atom. The number of aromatic nitrogens is 2. The van der Waals surface area contributed by atoms with Crippen LogP contribution >= 0.6 is 0 Å². The maximum absolute atomic E-state index is 12.4. The lowest BCUT2D eigenvalue weighted by molar-refractivity contribution is 0.195. The molecule has 0 bridgehead atoms. The maximum Gasteiger partial charge on any atom is 0.260 e. The SMILES string of the molecule is CC1CCCC(CN)N1S(=O)(=O)c1ccn[nH]1. The monoisotopic (exact) mass is 258 g/mol. The Labute approximate surface area is 101 Å². The smallest absolute Gasteiger partial charge is 0.260 e. The first-order valence-electron chi connectivity index (χ1n) is 5.80. The maximum atomic E-state index is 12.4. The molecule has 6 nitrogen and oxygen atoms in total. The molecule has 7 heteroatoms. The predicted molar refractivity (Wildman–Crippen MR) is 63.8 cm³/mol. The Hall–Kier alpha value is -0.920. The molecule has 1 aliphatic rings. The summed E-state index contributed by atoms with van der Waals surface area (Å²) in [4.78, 5) is 0. The number of nitrogens with one attached hydrogen (secondary N) is 1. The van der Waals surface area contributed by atoms with Gasteiger partial charge in [0, 0.05) is 18.6 Å². The molecule has 1 aromatic heterocycles. The summed E-state index contributed by atoms with van der Waals surface area (Å²) >= 11 is 0. The molecule has 2 rings (SSSR count). The summed E-state index contributed by atoms with van der Waals surface area (Å²) in [5.41, 5.74) is 5.67. The fourth-order valence-corrected chi connectivity index (χ4v) is 4.21. The third-order valence-corrected chi connectivity index (χ3v) is 5.25. The van der Waals surface area contributed by atoms with E-state index in [2.05, 4.69) is 10.2 Å². The van der Waals surface area contributed by atoms with E-state index in [1.165, 1.54) is 16.6 Å². The van der Waals surface area contributed by atoms with Crippen LogP contribution in [0.25, 0.3) is 0 Å². The van der Waals surface area contributed by atoms with Gasteiger partial charge in [-0.1, -0.05) is 6.42 Å². The van der Waals surface area contributed by atoms with Gasteiger partial charge in [-0.25, -0.2) is 8.42 Å². The van der Waals surface area contributed by atoms with Crippen molar-refractivity contribution in [3.63, 3.8) is 0 Å². The van der Waals surface area contributed by atoms with Gasteiger partial charge in [0.2, 0.25) is 0 Å². The molecular weight excluding hydrogens is 240 g/mol. The molecule has 1 fully saturated rings. The number of hydrogen-bond donors (Lipinski definition) is 2. The van der Waals surface area contributed by atoms with Crippen LogP contribution in [-0.2, 0) is 10.0 Å². The third kappa shape index (κ3) is 2.22. The minimum absolute atomic E-state index is 0.00870. The molecule has 2 atom stereocenters. The topological polar surface area (TPSA) is 92.1 Å². The van der Waals surface area contributed by atoms with E-state index in [1.54, 1.807) is 0 Å². The third-order valence-electron chi connectivity index (χ3n) is 3.26. The first kappa shape index (κ1) is 12.5. The molecule has 2 heterocycles. The molecule has 1 aromatic rings. The largest absolute Gasteiger partial charge is 0.329 e. The standard InChI is InChI=1S/C10H18N4O2S/c1-8-3-2-4-9(7-11)14(8)17(15,16)10-5-6-12-13-10/h5-6,8-9H,2-4,7,11H2,1H3,(H,12,13). The second-order valence-corrected chi connectivity index (χ2v) is 6.24. The highest BCUT2D eigenvalue weighted by atomic mass is 32.2. The van der Waals surface area contributed by atoms with E-state index in [0.29, 0.717) is 6.54 Å². The summed E-state index contributed by atoms with van der Waals surface area (Å²) in [5.74, 6) is 0. The van der Waals surface area contributed by atoms with Gasteiger partial charge in [0.15, 0.2) is 5.03 Å². The summed E-state index contributed by atoms with van der Waals surface area (Å²) in [6, 6.07) is 1.36. The van der Waals surface area contributed by atoms with Crippen LogP contribution in [0.3, 0.4) is 0 Å². The molecule has 0 radical (unpaired) electrons. The van der Waals surface area contributed by atoms with Crippen LogP contribution < -0.4 is 5.73 Å². The Morgan fingerprint density at radius 2 is 2.35 bits per heavy atom. The van der Waals surface area contributed by atoms with Crippen LogP contribution in [0, 0.1) is 0 Å². The lowest BCUT2D eigenvalue weighted by atomic mass is 10.00. The lowest BCUT2D eigenvalue weighted by Gasteiger charge is -2.38. The number of sulfonamides is 1. The van der Waals surface area contributed by atoms with Gasteiger partial charge in [-0.2, -0.15) is 9.40 Å². The van der Waals surface area contributed by atoms with E-state index < -0.39 is 10.0 Å². The average Bonchev–Trinajstić information content (AvgIpc) is 2.82. The van der Waals surface area contributed by atoms with E-state index in [-0.39, 0.29) is 17.1 Å². The van der Waals surface area contributed by atoms with Gasteiger partial charge < -0.3 is 5.73 Å². The van der Waals surface area contributed by atoms with E-state index in [0.717, 1.165) is 19.3 Å². The van der Waals surface area contributed by atoms with Crippen molar-refractivity contribution in [2.24, 2.45) is 5.73 Å². The molecule has 0 amide bonds. The second kappa shape index (κ2) is 4.75. The highest BCUT2D eigenvalue weighted by molar-refractivity contribution is 7.89. The number of H-pyrrole nitrogens is 1. The van der Waals surface area contributed by atoms with Gasteiger partial charge in [0.25, 0.3) is 10.0 Å². The number of nitrogens with zero attached hydrogens (tertiary/aromatic N) is 2. The highest BCUT2D eigenvalue weighted by Gasteiger charge is 2.37. The van der Waals surface area contributed by atoms with Gasteiger partial charge in [-0.05, 0) is 25.8 Å². The van der Waals surface area contributed by atoms with Crippen molar-refractivity contribution < 1.29 is 8.42 Å². The van der Waals surface area contributed by atoms with E-state index >= 15 is 0 Å². The molecule has 0 aromatic carbocycles. The van der Waals surface area contributed by atoms with Crippen molar-refractivity contribution in [3.05, 3.63) is 12.3 Å². The quantitative estimate of drug-likeness (QED) is 0.815. The van der Waals surface area contributed by atoms with Crippen LogP contribution in [0.15, 0.2) is 17.3 Å². The Kier molecular flexibility index (Phi) is 3.50. The van der Waals surface area contributed by atoms with Crippen molar-refractivity contribution in [1.82, 2.24) is 14.5 Å². The average molecular weight is 258 g/mol. The molecule has 1 aliphatic heterocycles. The van der Waals surface area contributed by atoms with Crippen molar-refractivity contribution in [3.8, 4) is 0 Å². The van der Waals surface area contributed by atoms with Crippen LogP contribution in [0.1, 0.15) is 26.2 Å². The van der Waals surface area contributed by atoms with Gasteiger partial charge in [-0.15, -0.1) is 0 Å². The summed E-state index contributed by atoms with van der Waals surface area (Å²) < 4.78 is 26.4. The number of piperidine rings is 1. The fraction of sp³-hybridized carbons (Fsp3) is 0.700. The number of rotatable bonds is 3. The van der Waals surface area contributed by atoms with Crippen molar-refractivity contribution in [1.29, 1.82) is 0 Å². The highest BCUT2D eigenvalue weighted by Crippen LogP contribution is 2.28. The zero-order chi connectivity index (χ0) is 12.5. The van der Waals surface area contributed by atoms with Gasteiger partial charge in [0.1, 0.15) is 0 Å². The first-order chi connectivity index (χ1) is 8.07. The Bertz CT molecular complexity index is 457. The number of nitrogens with two attached hydrogens (primary N) is 1. The summed E-state index contributed by atoms with van der Waals surface area (Å²) in [5, 5.41) is 6.36. The zero-order valence-electron chi connectivity index (χ0n) is 9.83. The van der Waals surface area contributed by atoms with Crippen LogP contribution in [0.4, 0.5) is 0 Å². The second-order valence-electron chi connectivity index (χ2n) is 4.43. The van der Waals surface area contributed by atoms with Gasteiger partial charge in [0.05, 0.1) is 6.20 Å². The van der Waals surface area contributed by atoms with Crippen LogP contribution in [-0.4, -0.2) is 41.5 Å². The summed E-state index contributed by atoms with van der Waals surface area (Å²) in [6.45, 7) is 2.29. The molecule has 0 saturated carbocycles. The Morgan fingerprint density at radius 1 is 1.59 bits per heavy atom. The normalized spacial score (nSPS) is 27.2. The number of aromatic amines is 1. The number of hydrogen-bond acceptors (Lipinski definition) is 4. The van der Waals surface area contributed by atoms with E-state index in [1.807, 2.05) is 6.92 Å². The van der Waals surface area contributed by atoms with Crippen LogP contribution in [0.2, 0.25) is 0 Å². The Balaban J connectivity index is 2.36. The molecule has 96 valence electrons. The fourth-order valence-electron chi connectivity index (χ4n) is 2.42. The van der Waals surface area contributed by atoms with Crippen molar-refractivity contribution in [2.75, 3.05) is 6.54 Å². The summed E-state index contributed by atoms with van der Waals surface area (Å²) in [7, 11) is -3.49. The predicted octanol–water partition coefficient (Wildman–Crippen LogP) is 0.300. The van der Waals surface area contributed by atoms with Crippen LogP contribution in [0.5, 0.6) is 0 Å². The van der Waals surface area contributed by atoms with Gasteiger partial charge in [-0.3, -0.25) is 5.10 Å². The molecule has 17 heavy (non-hydrogen) atoms. The van der Waals surface area contributed by atoms with Gasteiger partial charge >= 0.3 is 0 Å². The summed E-state index contributed by atoms with van der Waals surface area (Å²) in [6.07, 6.45) is 4.18. The minimum Gasteiger partial charge on any atom is -0.329 e. The molecular formula is C10H18N4O2S. The molecule has 0 spiro atoms.